The van der Waals surface area contributed by atoms with Gasteiger partial charge in [-0.05, 0) is 34.1 Å². The lowest BCUT2D eigenvalue weighted by Gasteiger charge is -2.07. The number of halogens is 1. The highest BCUT2D eigenvalue weighted by Gasteiger charge is 2.05. The minimum absolute atomic E-state index is 0.348. The molecule has 0 atom stereocenters. The van der Waals surface area contributed by atoms with Gasteiger partial charge in [-0.25, -0.2) is 15.0 Å². The molecule has 0 amide bonds. The number of hydrogen-bond donors (Lipinski definition) is 3. The van der Waals surface area contributed by atoms with E-state index in [1.807, 2.05) is 18.2 Å². The van der Waals surface area contributed by atoms with Crippen molar-refractivity contribution in [1.82, 2.24) is 19.9 Å². The summed E-state index contributed by atoms with van der Waals surface area (Å²) in [6, 6.07) is 5.77. The van der Waals surface area contributed by atoms with Crippen LogP contribution in [0.3, 0.4) is 0 Å². The molecule has 3 aromatic rings. The zero-order valence-electron chi connectivity index (χ0n) is 9.18. The van der Waals surface area contributed by atoms with E-state index in [0.29, 0.717) is 16.2 Å². The molecule has 0 saturated heterocycles. The predicted molar refractivity (Wildman–Crippen MR) is 73.5 cm³/mol. The lowest BCUT2D eigenvalue weighted by Crippen LogP contribution is -2.01. The van der Waals surface area contributed by atoms with Gasteiger partial charge in [-0.15, -0.1) is 0 Å². The topological polar surface area (TPSA) is 92.5 Å². The Morgan fingerprint density at radius 3 is 3.06 bits per heavy atom. The van der Waals surface area contributed by atoms with Crippen LogP contribution in [0.15, 0.2) is 35.3 Å². The third-order valence-electron chi connectivity index (χ3n) is 2.46. The second kappa shape index (κ2) is 4.26. The highest BCUT2D eigenvalue weighted by atomic mass is 79.9. The number of rotatable bonds is 2. The van der Waals surface area contributed by atoms with Gasteiger partial charge in [0.1, 0.15) is 4.60 Å². The highest BCUT2D eigenvalue weighted by molar-refractivity contribution is 9.10. The lowest BCUT2D eigenvalue weighted by molar-refractivity contribution is 1.17. The summed E-state index contributed by atoms with van der Waals surface area (Å²) < 4.78 is 0.625. The van der Waals surface area contributed by atoms with Crippen molar-refractivity contribution in [2.45, 2.75) is 0 Å². The van der Waals surface area contributed by atoms with E-state index in [9.17, 15) is 0 Å². The van der Waals surface area contributed by atoms with Crippen LogP contribution in [-0.4, -0.2) is 19.9 Å². The number of nitrogens with zero attached hydrogens (tertiary/aromatic N) is 3. The summed E-state index contributed by atoms with van der Waals surface area (Å²) >= 11 is 3.26. The quantitative estimate of drug-likeness (QED) is 0.676. The molecule has 0 aliphatic carbocycles. The summed E-state index contributed by atoms with van der Waals surface area (Å²) in [7, 11) is 0. The molecule has 0 saturated carbocycles. The van der Waals surface area contributed by atoms with Gasteiger partial charge in [-0.1, -0.05) is 0 Å². The van der Waals surface area contributed by atoms with Gasteiger partial charge in [0.25, 0.3) is 0 Å². The van der Waals surface area contributed by atoms with Crippen molar-refractivity contribution >= 4 is 44.3 Å². The van der Waals surface area contributed by atoms with Gasteiger partial charge in [-0.2, -0.15) is 0 Å². The Morgan fingerprint density at radius 1 is 1.28 bits per heavy atom. The lowest BCUT2D eigenvalue weighted by atomic mass is 10.3. The van der Waals surface area contributed by atoms with Crippen LogP contribution in [0.5, 0.6) is 0 Å². The van der Waals surface area contributed by atoms with Gasteiger partial charge in [-0.3, -0.25) is 0 Å². The molecule has 0 bridgehead atoms. The smallest absolute Gasteiger partial charge is 0.174 e. The van der Waals surface area contributed by atoms with Crippen LogP contribution in [0.4, 0.5) is 17.3 Å². The third kappa shape index (κ3) is 2.00. The van der Waals surface area contributed by atoms with Gasteiger partial charge < -0.3 is 16.0 Å². The Morgan fingerprint density at radius 2 is 2.17 bits per heavy atom. The van der Waals surface area contributed by atoms with E-state index in [2.05, 4.69) is 41.2 Å². The Bertz CT molecular complexity index is 708. The summed E-state index contributed by atoms with van der Waals surface area (Å²) in [5, 5.41) is 3.11. The van der Waals surface area contributed by atoms with Gasteiger partial charge in [0.05, 0.1) is 23.6 Å². The average molecular weight is 305 g/mol. The maximum Gasteiger partial charge on any atom is 0.174 e. The molecule has 4 N–H and O–H groups in total. The van der Waals surface area contributed by atoms with E-state index in [4.69, 9.17) is 5.73 Å². The number of aromatic nitrogens is 4. The molecule has 1 aromatic carbocycles. The average Bonchev–Trinajstić information content (AvgIpc) is 2.81. The monoisotopic (exact) mass is 304 g/mol. The fourth-order valence-corrected chi connectivity index (χ4v) is 1.89. The number of benzene rings is 1. The van der Waals surface area contributed by atoms with Crippen molar-refractivity contribution in [3.8, 4) is 0 Å². The van der Waals surface area contributed by atoms with Crippen LogP contribution in [-0.2, 0) is 0 Å². The SMILES string of the molecule is Nc1ncc(Br)nc1Nc1ccc2[nH]cnc2c1. The number of nitrogens with two attached hydrogens (primary N) is 1. The summed E-state index contributed by atoms with van der Waals surface area (Å²) in [5.41, 5.74) is 8.46. The Hall–Kier alpha value is -2.15. The minimum Gasteiger partial charge on any atom is -0.381 e. The molecule has 0 unspecified atom stereocenters. The largest absolute Gasteiger partial charge is 0.381 e. The molecule has 0 spiro atoms. The Labute approximate surface area is 111 Å². The first kappa shape index (κ1) is 11.0. The van der Waals surface area contributed by atoms with Crippen LogP contribution in [0.2, 0.25) is 0 Å². The molecule has 2 heterocycles. The summed E-state index contributed by atoms with van der Waals surface area (Å²) in [4.78, 5) is 15.5. The number of nitrogens with one attached hydrogen (secondary N) is 2. The molecular weight excluding hydrogens is 296 g/mol. The summed E-state index contributed by atoms with van der Waals surface area (Å²) in [6.07, 6.45) is 3.21. The molecule has 0 aliphatic heterocycles. The molecule has 3 rings (SSSR count). The number of imidazole rings is 1. The van der Waals surface area contributed by atoms with E-state index in [-0.39, 0.29) is 0 Å². The maximum atomic E-state index is 5.75. The number of H-pyrrole nitrogens is 1. The second-order valence-electron chi connectivity index (χ2n) is 3.69. The predicted octanol–water partition coefficient (Wildman–Crippen LogP) is 2.44. The molecule has 6 nitrogen and oxygen atoms in total. The van der Waals surface area contributed by atoms with E-state index in [0.717, 1.165) is 16.7 Å². The fourth-order valence-electron chi connectivity index (χ4n) is 1.62. The van der Waals surface area contributed by atoms with E-state index in [1.54, 1.807) is 12.5 Å². The zero-order chi connectivity index (χ0) is 12.5. The third-order valence-corrected chi connectivity index (χ3v) is 2.84. The van der Waals surface area contributed by atoms with Crippen LogP contribution in [0.25, 0.3) is 11.0 Å². The second-order valence-corrected chi connectivity index (χ2v) is 4.50. The number of anilines is 3. The highest BCUT2D eigenvalue weighted by Crippen LogP contribution is 2.23. The number of fused-ring (bicyclic) bond motifs is 1. The number of aromatic amines is 1. The summed E-state index contributed by atoms with van der Waals surface area (Å²) in [6.45, 7) is 0. The zero-order valence-corrected chi connectivity index (χ0v) is 10.8. The molecule has 0 aliphatic rings. The van der Waals surface area contributed by atoms with Gasteiger partial charge in [0.2, 0.25) is 0 Å². The van der Waals surface area contributed by atoms with Crippen LogP contribution < -0.4 is 11.1 Å². The van der Waals surface area contributed by atoms with Crippen LogP contribution in [0, 0.1) is 0 Å². The Kier molecular flexibility index (Phi) is 2.60. The van der Waals surface area contributed by atoms with Gasteiger partial charge in [0.15, 0.2) is 11.6 Å². The first-order valence-corrected chi connectivity index (χ1v) is 6.00. The molecule has 7 heteroatoms. The minimum atomic E-state index is 0.348. The number of nitrogen functional groups attached to an aromatic ring is 1. The van der Waals surface area contributed by atoms with E-state index in [1.165, 1.54) is 0 Å². The Balaban J connectivity index is 1.97. The normalized spacial score (nSPS) is 10.7. The van der Waals surface area contributed by atoms with Gasteiger partial charge >= 0.3 is 0 Å². The molecule has 2 aromatic heterocycles. The van der Waals surface area contributed by atoms with Crippen molar-refractivity contribution in [2.75, 3.05) is 11.1 Å². The van der Waals surface area contributed by atoms with Crippen LogP contribution in [0.1, 0.15) is 0 Å². The van der Waals surface area contributed by atoms with Crippen molar-refractivity contribution in [1.29, 1.82) is 0 Å². The van der Waals surface area contributed by atoms with E-state index < -0.39 is 0 Å². The molecule has 0 radical (unpaired) electrons. The van der Waals surface area contributed by atoms with Crippen molar-refractivity contribution in [3.63, 3.8) is 0 Å². The first-order chi connectivity index (χ1) is 8.72. The van der Waals surface area contributed by atoms with E-state index >= 15 is 0 Å². The first-order valence-electron chi connectivity index (χ1n) is 5.20. The molecule has 18 heavy (non-hydrogen) atoms. The van der Waals surface area contributed by atoms with Crippen molar-refractivity contribution in [3.05, 3.63) is 35.3 Å². The fraction of sp³-hybridized carbons (Fsp3) is 0. The summed E-state index contributed by atoms with van der Waals surface area (Å²) in [5.74, 6) is 0.861. The van der Waals surface area contributed by atoms with Crippen molar-refractivity contribution < 1.29 is 0 Å². The number of hydrogen-bond acceptors (Lipinski definition) is 5. The van der Waals surface area contributed by atoms with Crippen molar-refractivity contribution in [2.24, 2.45) is 0 Å². The van der Waals surface area contributed by atoms with Crippen LogP contribution >= 0.6 is 15.9 Å². The standard InChI is InChI=1S/C11H9BrN6/c12-9-4-14-10(13)11(18-9)17-6-1-2-7-8(3-6)16-5-15-7/h1-5H,(H2,13,14)(H,15,16)(H,17,18). The molecular formula is C11H9BrN6. The maximum absolute atomic E-state index is 5.75. The molecule has 90 valence electrons. The van der Waals surface area contributed by atoms with Gasteiger partial charge in [0, 0.05) is 5.69 Å². The molecule has 0 fully saturated rings.